The molecule has 0 saturated carbocycles. The summed E-state index contributed by atoms with van der Waals surface area (Å²) in [6, 6.07) is 0. The van der Waals surface area contributed by atoms with Crippen molar-refractivity contribution in [2.45, 2.75) is 31.5 Å². The van der Waals surface area contributed by atoms with E-state index < -0.39 is 11.8 Å². The molecule has 0 radical (unpaired) electrons. The van der Waals surface area contributed by atoms with Crippen molar-refractivity contribution in [2.75, 3.05) is 19.7 Å². The molecule has 1 atom stereocenters. The highest BCUT2D eigenvalue weighted by atomic mass is 19.4. The van der Waals surface area contributed by atoms with Crippen molar-refractivity contribution < 1.29 is 17.9 Å². The number of aryl methyl sites for hydroxylation is 1. The van der Waals surface area contributed by atoms with E-state index in [0.29, 0.717) is 12.2 Å². The Bertz CT molecular complexity index is 448. The molecule has 2 rings (SSSR count). The molecule has 0 bridgehead atoms. The fraction of sp³-hybridized carbons (Fsp3) is 0.750. The van der Waals surface area contributed by atoms with Gasteiger partial charge in [0.1, 0.15) is 0 Å². The molecule has 1 aliphatic heterocycles. The van der Waals surface area contributed by atoms with Gasteiger partial charge in [0.2, 0.25) is 5.60 Å². The molecule has 1 aromatic heterocycles. The maximum atomic E-state index is 13.5. The monoisotopic (exact) mass is 277 g/mol. The molecule has 0 aromatic carbocycles. The van der Waals surface area contributed by atoms with Crippen molar-refractivity contribution in [3.8, 4) is 0 Å². The highest BCUT2D eigenvalue weighted by molar-refractivity contribution is 5.30. The van der Waals surface area contributed by atoms with Gasteiger partial charge in [-0.25, -0.2) is 0 Å². The molecule has 0 amide bonds. The van der Waals surface area contributed by atoms with Crippen LogP contribution in [0.1, 0.15) is 31.0 Å². The number of nitrogens with one attached hydrogen (secondary N) is 1. The molecular weight excluding hydrogens is 259 g/mol. The second kappa shape index (κ2) is 4.79. The smallest absolute Gasteiger partial charge is 0.358 e. The number of morpholine rings is 1. The lowest BCUT2D eigenvalue weighted by atomic mass is 9.89. The summed E-state index contributed by atoms with van der Waals surface area (Å²) in [5.41, 5.74) is -1.74. The van der Waals surface area contributed by atoms with Gasteiger partial charge in [0.25, 0.3) is 0 Å². The molecule has 1 saturated heterocycles. The Morgan fingerprint density at radius 1 is 1.47 bits per heavy atom. The first kappa shape index (κ1) is 14.3. The molecular formula is C12H18F3N3O. The number of aromatic nitrogens is 2. The highest BCUT2D eigenvalue weighted by Crippen LogP contribution is 2.45. The maximum absolute atomic E-state index is 13.5. The molecule has 0 aliphatic carbocycles. The van der Waals surface area contributed by atoms with Crippen LogP contribution in [0.3, 0.4) is 0 Å². The van der Waals surface area contributed by atoms with Crippen molar-refractivity contribution >= 4 is 0 Å². The SMILES string of the molecule is CC(C)c1nn(C)cc1C1(C(F)(F)F)CNCCO1. The van der Waals surface area contributed by atoms with Crippen molar-refractivity contribution in [3.05, 3.63) is 17.5 Å². The summed E-state index contributed by atoms with van der Waals surface area (Å²) in [5.74, 6) is -0.0963. The standard InChI is InChI=1S/C12H18F3N3O/c1-8(2)10-9(6-18(3)17-10)11(12(13,14)15)7-16-4-5-19-11/h6,8,16H,4-5,7H2,1-3H3. The number of nitrogens with zero attached hydrogens (tertiary/aromatic N) is 2. The van der Waals surface area contributed by atoms with E-state index in [9.17, 15) is 13.2 Å². The average molecular weight is 277 g/mol. The van der Waals surface area contributed by atoms with Crippen LogP contribution in [0.5, 0.6) is 0 Å². The van der Waals surface area contributed by atoms with Gasteiger partial charge in [-0.2, -0.15) is 18.3 Å². The first-order valence-corrected chi connectivity index (χ1v) is 6.23. The molecule has 1 unspecified atom stereocenters. The van der Waals surface area contributed by atoms with Gasteiger partial charge in [0, 0.05) is 31.9 Å². The predicted molar refractivity (Wildman–Crippen MR) is 63.9 cm³/mol. The summed E-state index contributed by atoms with van der Waals surface area (Å²) in [5, 5.41) is 6.93. The third-order valence-corrected chi connectivity index (χ3v) is 3.30. The third-order valence-electron chi connectivity index (χ3n) is 3.30. The van der Waals surface area contributed by atoms with Gasteiger partial charge in [-0.3, -0.25) is 4.68 Å². The molecule has 1 aliphatic rings. The van der Waals surface area contributed by atoms with E-state index in [1.165, 1.54) is 10.9 Å². The molecule has 19 heavy (non-hydrogen) atoms. The van der Waals surface area contributed by atoms with Crippen LogP contribution >= 0.6 is 0 Å². The normalized spacial score (nSPS) is 25.0. The lowest BCUT2D eigenvalue weighted by Gasteiger charge is -2.39. The zero-order valence-electron chi connectivity index (χ0n) is 11.2. The molecule has 2 heterocycles. The summed E-state index contributed by atoms with van der Waals surface area (Å²) in [7, 11) is 1.62. The minimum Gasteiger partial charge on any atom is -0.358 e. The Hall–Kier alpha value is -1.08. The highest BCUT2D eigenvalue weighted by Gasteiger charge is 2.59. The second-order valence-electron chi connectivity index (χ2n) is 5.11. The second-order valence-corrected chi connectivity index (χ2v) is 5.11. The summed E-state index contributed by atoms with van der Waals surface area (Å²) < 4.78 is 47.2. The first-order chi connectivity index (χ1) is 8.78. The van der Waals surface area contributed by atoms with Gasteiger partial charge in [-0.1, -0.05) is 13.8 Å². The van der Waals surface area contributed by atoms with Crippen molar-refractivity contribution in [2.24, 2.45) is 7.05 Å². The Balaban J connectivity index is 2.56. The fourth-order valence-electron chi connectivity index (χ4n) is 2.36. The quantitative estimate of drug-likeness (QED) is 0.897. The van der Waals surface area contributed by atoms with E-state index in [4.69, 9.17) is 4.74 Å². The van der Waals surface area contributed by atoms with Crippen molar-refractivity contribution in [1.29, 1.82) is 0 Å². The first-order valence-electron chi connectivity index (χ1n) is 6.23. The van der Waals surface area contributed by atoms with E-state index in [-0.39, 0.29) is 24.6 Å². The van der Waals surface area contributed by atoms with E-state index in [0.717, 1.165) is 0 Å². The minimum atomic E-state index is -4.48. The molecule has 0 spiro atoms. The van der Waals surface area contributed by atoms with Crippen molar-refractivity contribution in [3.63, 3.8) is 0 Å². The van der Waals surface area contributed by atoms with Crippen LogP contribution in [0.15, 0.2) is 6.20 Å². The number of halogens is 3. The predicted octanol–water partition coefficient (Wildman–Crippen LogP) is 1.92. The van der Waals surface area contributed by atoms with Crippen LogP contribution in [0.25, 0.3) is 0 Å². The van der Waals surface area contributed by atoms with Gasteiger partial charge in [-0.05, 0) is 5.92 Å². The topological polar surface area (TPSA) is 39.1 Å². The lowest BCUT2D eigenvalue weighted by molar-refractivity contribution is -0.290. The van der Waals surface area contributed by atoms with Crippen LogP contribution in [-0.4, -0.2) is 35.7 Å². The lowest BCUT2D eigenvalue weighted by Crippen LogP contribution is -2.56. The van der Waals surface area contributed by atoms with Crippen LogP contribution in [0.2, 0.25) is 0 Å². The summed E-state index contributed by atoms with van der Waals surface area (Å²) in [6.07, 6.45) is -3.07. The Labute approximate surface area is 109 Å². The molecule has 4 nitrogen and oxygen atoms in total. The maximum Gasteiger partial charge on any atom is 0.423 e. The number of hydrogen-bond acceptors (Lipinski definition) is 3. The summed E-state index contributed by atoms with van der Waals surface area (Å²) in [6.45, 7) is 3.83. The number of alkyl halides is 3. The summed E-state index contributed by atoms with van der Waals surface area (Å²) in [4.78, 5) is 0. The van der Waals surface area contributed by atoms with Crippen LogP contribution in [-0.2, 0) is 17.4 Å². The van der Waals surface area contributed by atoms with Crippen LogP contribution in [0.4, 0.5) is 13.2 Å². The zero-order valence-corrected chi connectivity index (χ0v) is 11.2. The fourth-order valence-corrected chi connectivity index (χ4v) is 2.36. The van der Waals surface area contributed by atoms with Crippen LogP contribution < -0.4 is 5.32 Å². The molecule has 1 N–H and O–H groups in total. The number of rotatable bonds is 2. The summed E-state index contributed by atoms with van der Waals surface area (Å²) >= 11 is 0. The molecule has 108 valence electrons. The van der Waals surface area contributed by atoms with E-state index >= 15 is 0 Å². The number of ether oxygens (including phenoxy) is 1. The largest absolute Gasteiger partial charge is 0.423 e. The Kier molecular flexibility index (Phi) is 3.61. The minimum absolute atomic E-state index is 0.0337. The number of hydrogen-bond donors (Lipinski definition) is 1. The third kappa shape index (κ3) is 2.36. The van der Waals surface area contributed by atoms with Crippen LogP contribution in [0, 0.1) is 0 Å². The van der Waals surface area contributed by atoms with E-state index in [1.54, 1.807) is 7.05 Å². The van der Waals surface area contributed by atoms with Gasteiger partial charge in [-0.15, -0.1) is 0 Å². The van der Waals surface area contributed by atoms with Gasteiger partial charge in [0.15, 0.2) is 0 Å². The van der Waals surface area contributed by atoms with Gasteiger partial charge < -0.3 is 10.1 Å². The van der Waals surface area contributed by atoms with E-state index in [1.807, 2.05) is 13.8 Å². The van der Waals surface area contributed by atoms with Gasteiger partial charge >= 0.3 is 6.18 Å². The van der Waals surface area contributed by atoms with Crippen molar-refractivity contribution in [1.82, 2.24) is 15.1 Å². The van der Waals surface area contributed by atoms with Gasteiger partial charge in [0.05, 0.1) is 12.3 Å². The molecule has 1 fully saturated rings. The Morgan fingerprint density at radius 2 is 2.16 bits per heavy atom. The van der Waals surface area contributed by atoms with E-state index in [2.05, 4.69) is 10.4 Å². The molecule has 1 aromatic rings. The Morgan fingerprint density at radius 3 is 2.63 bits per heavy atom. The average Bonchev–Trinajstić information content (AvgIpc) is 2.71. The molecule has 7 heteroatoms. The zero-order chi connectivity index (χ0) is 14.3.